The molecule has 0 bridgehead atoms. The third-order valence-corrected chi connectivity index (χ3v) is 4.86. The van der Waals surface area contributed by atoms with Crippen LogP contribution in [0, 0.1) is 5.82 Å². The van der Waals surface area contributed by atoms with E-state index < -0.39 is 27.2 Å². The van der Waals surface area contributed by atoms with Gasteiger partial charge in [0.25, 0.3) is 0 Å². The molecular formula is C15H17F4NO3S. The van der Waals surface area contributed by atoms with Crippen LogP contribution in [-0.4, -0.2) is 38.5 Å². The van der Waals surface area contributed by atoms with E-state index in [9.17, 15) is 26.0 Å². The number of nitrogens with zero attached hydrogens (tertiary/aromatic N) is 1. The Bertz CT molecular complexity index is 695. The zero-order valence-corrected chi connectivity index (χ0v) is 13.5. The molecule has 0 atom stereocenters. The number of piperidine rings is 1. The number of hydrogen-bond donors (Lipinski definition) is 0. The first-order chi connectivity index (χ1) is 11.2. The zero-order valence-electron chi connectivity index (χ0n) is 12.7. The molecule has 1 saturated heterocycles. The second kappa shape index (κ2) is 7.10. The van der Waals surface area contributed by atoms with E-state index in [2.05, 4.69) is 15.7 Å². The van der Waals surface area contributed by atoms with Crippen LogP contribution >= 0.6 is 0 Å². The zero-order chi connectivity index (χ0) is 18.0. The highest BCUT2D eigenvalue weighted by Gasteiger charge is 2.49. The van der Waals surface area contributed by atoms with Crippen LogP contribution in [0.4, 0.5) is 17.6 Å². The van der Waals surface area contributed by atoms with E-state index in [-0.39, 0.29) is 11.5 Å². The van der Waals surface area contributed by atoms with Gasteiger partial charge in [-0.2, -0.15) is 21.6 Å². The predicted molar refractivity (Wildman–Crippen MR) is 80.6 cm³/mol. The van der Waals surface area contributed by atoms with Crippen molar-refractivity contribution in [3.8, 4) is 5.75 Å². The summed E-state index contributed by atoms with van der Waals surface area (Å²) in [4.78, 5) is 2.12. The molecule has 4 nitrogen and oxygen atoms in total. The summed E-state index contributed by atoms with van der Waals surface area (Å²) in [5.74, 6) is -2.20. The minimum atomic E-state index is -5.90. The van der Waals surface area contributed by atoms with Crippen LogP contribution < -0.4 is 4.18 Å². The molecule has 9 heteroatoms. The minimum Gasteiger partial charge on any atom is -0.373 e. The van der Waals surface area contributed by atoms with Crippen molar-refractivity contribution in [2.45, 2.75) is 24.3 Å². The molecule has 0 N–H and O–H groups in total. The molecule has 0 radical (unpaired) electrons. The molecule has 2 rings (SSSR count). The second-order valence-electron chi connectivity index (χ2n) is 5.51. The lowest BCUT2D eigenvalue weighted by atomic mass is 9.89. The highest BCUT2D eigenvalue weighted by Crippen LogP contribution is 2.35. The molecule has 1 fully saturated rings. The summed E-state index contributed by atoms with van der Waals surface area (Å²) >= 11 is 0. The van der Waals surface area contributed by atoms with Gasteiger partial charge in [0.05, 0.1) is 0 Å². The predicted octanol–water partition coefficient (Wildman–Crippen LogP) is 3.42. The fourth-order valence-electron chi connectivity index (χ4n) is 2.68. The summed E-state index contributed by atoms with van der Waals surface area (Å²) < 4.78 is 77.6. The van der Waals surface area contributed by atoms with Gasteiger partial charge in [-0.15, -0.1) is 6.58 Å². The highest BCUT2D eigenvalue weighted by atomic mass is 32.2. The Balaban J connectivity index is 2.19. The molecule has 0 aromatic heterocycles. The van der Waals surface area contributed by atoms with Gasteiger partial charge in [0.2, 0.25) is 0 Å². The van der Waals surface area contributed by atoms with Gasteiger partial charge < -0.3 is 4.18 Å². The Morgan fingerprint density at radius 3 is 2.46 bits per heavy atom. The summed E-state index contributed by atoms with van der Waals surface area (Å²) in [6, 6.07) is 3.60. The van der Waals surface area contributed by atoms with Crippen LogP contribution in [0.25, 0.3) is 0 Å². The maximum absolute atomic E-state index is 14.4. The maximum Gasteiger partial charge on any atom is 0.534 e. The molecule has 24 heavy (non-hydrogen) atoms. The van der Waals surface area contributed by atoms with Crippen molar-refractivity contribution in [1.82, 2.24) is 4.90 Å². The van der Waals surface area contributed by atoms with Gasteiger partial charge in [-0.1, -0.05) is 18.2 Å². The normalized spacial score (nSPS) is 17.7. The van der Waals surface area contributed by atoms with Gasteiger partial charge in [0.1, 0.15) is 0 Å². The molecule has 1 aromatic rings. The standard InChI is InChI=1S/C15H17F4NO3S/c1-2-8-20-9-6-11(7-10-20)12-4-3-5-13(14(12)16)23-24(21,22)15(17,18)19/h2-5,11H,1,6-10H2. The van der Waals surface area contributed by atoms with Crippen molar-refractivity contribution >= 4 is 10.1 Å². The average Bonchev–Trinajstić information content (AvgIpc) is 2.49. The lowest BCUT2D eigenvalue weighted by Crippen LogP contribution is -2.33. The number of rotatable bonds is 5. The Labute approximate surface area is 137 Å². The number of likely N-dealkylation sites (tertiary alicyclic amines) is 1. The Kier molecular flexibility index (Phi) is 5.54. The Morgan fingerprint density at radius 2 is 1.92 bits per heavy atom. The van der Waals surface area contributed by atoms with Crippen molar-refractivity contribution in [3.63, 3.8) is 0 Å². The third-order valence-electron chi connectivity index (χ3n) is 3.89. The molecule has 1 aliphatic heterocycles. The van der Waals surface area contributed by atoms with E-state index in [1.54, 1.807) is 6.08 Å². The molecule has 1 aromatic carbocycles. The first kappa shape index (κ1) is 18.7. The van der Waals surface area contributed by atoms with Gasteiger partial charge in [-0.05, 0) is 43.5 Å². The van der Waals surface area contributed by atoms with E-state index in [1.807, 2.05) is 0 Å². The first-order valence-electron chi connectivity index (χ1n) is 7.28. The lowest BCUT2D eigenvalue weighted by Gasteiger charge is -2.31. The smallest absolute Gasteiger partial charge is 0.373 e. The second-order valence-corrected chi connectivity index (χ2v) is 7.04. The van der Waals surface area contributed by atoms with Crippen molar-refractivity contribution in [1.29, 1.82) is 0 Å². The van der Waals surface area contributed by atoms with Crippen molar-refractivity contribution < 1.29 is 30.2 Å². The quantitative estimate of drug-likeness (QED) is 0.346. The van der Waals surface area contributed by atoms with Gasteiger partial charge in [-0.25, -0.2) is 4.39 Å². The van der Waals surface area contributed by atoms with E-state index >= 15 is 0 Å². The summed E-state index contributed by atoms with van der Waals surface area (Å²) in [5, 5.41) is 0. The number of alkyl halides is 3. The summed E-state index contributed by atoms with van der Waals surface area (Å²) in [7, 11) is -5.90. The van der Waals surface area contributed by atoms with E-state index in [0.717, 1.165) is 6.07 Å². The van der Waals surface area contributed by atoms with E-state index in [4.69, 9.17) is 0 Å². The molecule has 0 unspecified atom stereocenters. The maximum atomic E-state index is 14.4. The van der Waals surface area contributed by atoms with Gasteiger partial charge >= 0.3 is 15.6 Å². The third kappa shape index (κ3) is 4.07. The van der Waals surface area contributed by atoms with Crippen molar-refractivity contribution in [2.24, 2.45) is 0 Å². The van der Waals surface area contributed by atoms with Crippen molar-refractivity contribution in [2.75, 3.05) is 19.6 Å². The van der Waals surface area contributed by atoms with Crippen LogP contribution in [0.3, 0.4) is 0 Å². The van der Waals surface area contributed by atoms with E-state index in [1.165, 1.54) is 12.1 Å². The van der Waals surface area contributed by atoms with E-state index in [0.29, 0.717) is 32.5 Å². The topological polar surface area (TPSA) is 46.6 Å². The highest BCUT2D eigenvalue weighted by molar-refractivity contribution is 7.88. The van der Waals surface area contributed by atoms with Crippen LogP contribution in [0.15, 0.2) is 30.9 Å². The van der Waals surface area contributed by atoms with Crippen molar-refractivity contribution in [3.05, 3.63) is 42.2 Å². The SMILES string of the molecule is C=CCN1CCC(c2cccc(OS(=O)(=O)C(F)(F)F)c2F)CC1. The van der Waals surface area contributed by atoms with Gasteiger partial charge in [0.15, 0.2) is 11.6 Å². The molecule has 134 valence electrons. The molecule has 0 aliphatic carbocycles. The van der Waals surface area contributed by atoms with Crippen LogP contribution in [0.5, 0.6) is 5.75 Å². The molecular weight excluding hydrogens is 350 g/mol. The summed E-state index contributed by atoms with van der Waals surface area (Å²) in [6.07, 6.45) is 2.98. The first-order valence-corrected chi connectivity index (χ1v) is 8.69. The fourth-order valence-corrected chi connectivity index (χ4v) is 3.14. The summed E-state index contributed by atoms with van der Waals surface area (Å²) in [5.41, 5.74) is -5.44. The minimum absolute atomic E-state index is 0.170. The van der Waals surface area contributed by atoms with Crippen LogP contribution in [-0.2, 0) is 10.1 Å². The van der Waals surface area contributed by atoms with Gasteiger partial charge in [0, 0.05) is 6.54 Å². The molecule has 0 spiro atoms. The van der Waals surface area contributed by atoms with Crippen LogP contribution in [0.1, 0.15) is 24.3 Å². The Morgan fingerprint density at radius 1 is 1.29 bits per heavy atom. The molecule has 1 heterocycles. The summed E-state index contributed by atoms with van der Waals surface area (Å²) in [6.45, 7) is 5.75. The largest absolute Gasteiger partial charge is 0.534 e. The van der Waals surface area contributed by atoms with Crippen LogP contribution in [0.2, 0.25) is 0 Å². The molecule has 0 saturated carbocycles. The Hall–Kier alpha value is -1.61. The number of halogens is 4. The molecule has 0 amide bonds. The number of benzene rings is 1. The lowest BCUT2D eigenvalue weighted by molar-refractivity contribution is -0.0501. The monoisotopic (exact) mass is 367 g/mol. The number of hydrogen-bond acceptors (Lipinski definition) is 4. The molecule has 1 aliphatic rings. The fraction of sp³-hybridized carbons (Fsp3) is 0.467. The van der Waals surface area contributed by atoms with Gasteiger partial charge in [-0.3, -0.25) is 4.90 Å². The average molecular weight is 367 g/mol.